The van der Waals surface area contributed by atoms with Crippen molar-refractivity contribution in [3.05, 3.63) is 35.4 Å². The van der Waals surface area contributed by atoms with Gasteiger partial charge in [0.1, 0.15) is 11.6 Å². The first kappa shape index (κ1) is 14.6. The van der Waals surface area contributed by atoms with Crippen molar-refractivity contribution in [3.63, 3.8) is 0 Å². The summed E-state index contributed by atoms with van der Waals surface area (Å²) in [6.45, 7) is 5.88. The van der Waals surface area contributed by atoms with Crippen molar-refractivity contribution in [3.8, 4) is 0 Å². The topological polar surface area (TPSA) is 26.3 Å². The fourth-order valence-corrected chi connectivity index (χ4v) is 1.05. The van der Waals surface area contributed by atoms with E-state index in [0.29, 0.717) is 0 Å². The van der Waals surface area contributed by atoms with E-state index in [1.165, 1.54) is 0 Å². The van der Waals surface area contributed by atoms with Crippen molar-refractivity contribution < 1.29 is 18.3 Å². The van der Waals surface area contributed by atoms with Gasteiger partial charge in [-0.05, 0) is 25.1 Å². The molecule has 2 nitrogen and oxygen atoms in total. The summed E-state index contributed by atoms with van der Waals surface area (Å²) in [5.41, 5.74) is 0.0171. The first-order valence-electron chi connectivity index (χ1n) is 5.23. The number of hydrogen-bond acceptors (Lipinski definition) is 2. The smallest absolute Gasteiger partial charge is 0.310 e. The molecule has 0 aliphatic heterocycles. The molecule has 0 saturated heterocycles. The van der Waals surface area contributed by atoms with Crippen LogP contribution in [0, 0.1) is 11.6 Å². The maximum atomic E-state index is 13.0. The summed E-state index contributed by atoms with van der Waals surface area (Å²) < 4.78 is 30.3. The zero-order chi connectivity index (χ0) is 12.6. The van der Waals surface area contributed by atoms with Gasteiger partial charge in [-0.25, -0.2) is 8.78 Å². The number of rotatable bonds is 3. The second kappa shape index (κ2) is 7.79. The van der Waals surface area contributed by atoms with Gasteiger partial charge in [0.2, 0.25) is 0 Å². The number of hydrogen-bond donors (Lipinski definition) is 0. The molecule has 0 saturated carbocycles. The average Bonchev–Trinajstić information content (AvgIpc) is 2.27. The number of esters is 1. The van der Waals surface area contributed by atoms with Gasteiger partial charge < -0.3 is 4.74 Å². The van der Waals surface area contributed by atoms with Crippen LogP contribution < -0.4 is 0 Å². The predicted molar refractivity (Wildman–Crippen MR) is 58.0 cm³/mol. The van der Waals surface area contributed by atoms with Crippen LogP contribution in [0.15, 0.2) is 18.2 Å². The van der Waals surface area contributed by atoms with E-state index in [1.807, 2.05) is 13.8 Å². The molecule has 0 atom stereocenters. The Labute approximate surface area is 94.2 Å². The van der Waals surface area contributed by atoms with Crippen LogP contribution in [0.5, 0.6) is 0 Å². The molecule has 0 bridgehead atoms. The van der Waals surface area contributed by atoms with Crippen LogP contribution in [0.4, 0.5) is 8.78 Å². The van der Waals surface area contributed by atoms with E-state index in [4.69, 9.17) is 0 Å². The third kappa shape index (κ3) is 4.87. The Kier molecular flexibility index (Phi) is 7.09. The SMILES string of the molecule is CC.CCOC(=O)Cc1cc(F)ccc1F. The maximum Gasteiger partial charge on any atom is 0.310 e. The summed E-state index contributed by atoms with van der Waals surface area (Å²) in [5, 5.41) is 0. The van der Waals surface area contributed by atoms with Crippen LogP contribution in [-0.2, 0) is 16.0 Å². The van der Waals surface area contributed by atoms with E-state index in [0.717, 1.165) is 18.2 Å². The summed E-state index contributed by atoms with van der Waals surface area (Å²) >= 11 is 0. The van der Waals surface area contributed by atoms with Gasteiger partial charge in [0, 0.05) is 5.56 Å². The largest absolute Gasteiger partial charge is 0.466 e. The van der Waals surface area contributed by atoms with Crippen LogP contribution in [-0.4, -0.2) is 12.6 Å². The molecule has 4 heteroatoms. The van der Waals surface area contributed by atoms with Gasteiger partial charge >= 0.3 is 5.97 Å². The molecule has 0 N–H and O–H groups in total. The number of ether oxygens (including phenoxy) is 1. The molecule has 0 spiro atoms. The predicted octanol–water partition coefficient (Wildman–Crippen LogP) is 3.10. The van der Waals surface area contributed by atoms with E-state index >= 15 is 0 Å². The Balaban J connectivity index is 0.00000106. The van der Waals surface area contributed by atoms with E-state index in [1.54, 1.807) is 6.92 Å². The Morgan fingerprint density at radius 2 is 1.94 bits per heavy atom. The van der Waals surface area contributed by atoms with E-state index in [2.05, 4.69) is 4.74 Å². The second-order valence-corrected chi connectivity index (χ2v) is 2.72. The Morgan fingerprint density at radius 3 is 2.50 bits per heavy atom. The molecule has 0 aliphatic carbocycles. The normalized spacial score (nSPS) is 9.06. The zero-order valence-electron chi connectivity index (χ0n) is 9.72. The lowest BCUT2D eigenvalue weighted by Gasteiger charge is -2.03. The fourth-order valence-electron chi connectivity index (χ4n) is 1.05. The highest BCUT2D eigenvalue weighted by Gasteiger charge is 2.09. The van der Waals surface area contributed by atoms with Crippen LogP contribution >= 0.6 is 0 Å². The summed E-state index contributed by atoms with van der Waals surface area (Å²) in [4.78, 5) is 11.0. The van der Waals surface area contributed by atoms with Crippen LogP contribution in [0.1, 0.15) is 26.3 Å². The zero-order valence-corrected chi connectivity index (χ0v) is 9.72. The third-order valence-corrected chi connectivity index (χ3v) is 1.65. The van der Waals surface area contributed by atoms with Gasteiger partial charge in [-0.2, -0.15) is 0 Å². The van der Waals surface area contributed by atoms with Gasteiger partial charge in [0.15, 0.2) is 0 Å². The average molecular weight is 230 g/mol. The van der Waals surface area contributed by atoms with E-state index in [9.17, 15) is 13.6 Å². The lowest BCUT2D eigenvalue weighted by molar-refractivity contribution is -0.142. The number of benzene rings is 1. The molecule has 1 aromatic carbocycles. The minimum absolute atomic E-state index is 0.0171. The molecule has 0 radical (unpaired) electrons. The van der Waals surface area contributed by atoms with Gasteiger partial charge in [-0.15, -0.1) is 0 Å². The highest BCUT2D eigenvalue weighted by atomic mass is 19.1. The number of carbonyl (C=O) groups is 1. The summed E-state index contributed by atoms with van der Waals surface area (Å²) in [6.07, 6.45) is -0.239. The summed E-state index contributed by atoms with van der Waals surface area (Å²) in [5.74, 6) is -1.72. The molecular weight excluding hydrogens is 214 g/mol. The molecule has 90 valence electrons. The first-order chi connectivity index (χ1) is 7.63. The molecular formula is C12H16F2O2. The van der Waals surface area contributed by atoms with Gasteiger partial charge in [0.05, 0.1) is 13.0 Å². The van der Waals surface area contributed by atoms with Crippen molar-refractivity contribution in [2.45, 2.75) is 27.2 Å². The highest BCUT2D eigenvalue weighted by Crippen LogP contribution is 2.10. The molecule has 0 unspecified atom stereocenters. The van der Waals surface area contributed by atoms with Gasteiger partial charge in [-0.1, -0.05) is 13.8 Å². The molecule has 1 rings (SSSR count). The van der Waals surface area contributed by atoms with Crippen molar-refractivity contribution >= 4 is 5.97 Å². The quantitative estimate of drug-likeness (QED) is 0.746. The van der Waals surface area contributed by atoms with Crippen LogP contribution in [0.25, 0.3) is 0 Å². The second-order valence-electron chi connectivity index (χ2n) is 2.72. The Morgan fingerprint density at radius 1 is 1.31 bits per heavy atom. The third-order valence-electron chi connectivity index (χ3n) is 1.65. The van der Waals surface area contributed by atoms with Crippen LogP contribution in [0.3, 0.4) is 0 Å². The molecule has 0 fully saturated rings. The Hall–Kier alpha value is -1.45. The highest BCUT2D eigenvalue weighted by molar-refractivity contribution is 5.72. The lowest BCUT2D eigenvalue weighted by atomic mass is 10.1. The van der Waals surface area contributed by atoms with E-state index < -0.39 is 17.6 Å². The number of carbonyl (C=O) groups excluding carboxylic acids is 1. The fraction of sp³-hybridized carbons (Fsp3) is 0.417. The molecule has 16 heavy (non-hydrogen) atoms. The minimum atomic E-state index is -0.598. The van der Waals surface area contributed by atoms with E-state index in [-0.39, 0.29) is 18.6 Å². The first-order valence-corrected chi connectivity index (χ1v) is 5.23. The summed E-state index contributed by atoms with van der Waals surface area (Å²) in [6, 6.07) is 2.99. The molecule has 1 aromatic rings. The molecule has 0 amide bonds. The summed E-state index contributed by atoms with van der Waals surface area (Å²) in [7, 11) is 0. The Bertz CT molecular complexity index is 338. The number of halogens is 2. The molecule has 0 heterocycles. The van der Waals surface area contributed by atoms with Crippen molar-refractivity contribution in [1.29, 1.82) is 0 Å². The van der Waals surface area contributed by atoms with Crippen molar-refractivity contribution in [2.24, 2.45) is 0 Å². The lowest BCUT2D eigenvalue weighted by Crippen LogP contribution is -2.09. The van der Waals surface area contributed by atoms with Gasteiger partial charge in [-0.3, -0.25) is 4.79 Å². The van der Waals surface area contributed by atoms with Crippen molar-refractivity contribution in [1.82, 2.24) is 0 Å². The standard InChI is InChI=1S/C10H10F2O2.C2H6/c1-2-14-10(13)6-7-5-8(11)3-4-9(7)12;1-2/h3-5H,2,6H2,1H3;1-2H3. The van der Waals surface area contributed by atoms with Gasteiger partial charge in [0.25, 0.3) is 0 Å². The maximum absolute atomic E-state index is 13.0. The minimum Gasteiger partial charge on any atom is -0.466 e. The van der Waals surface area contributed by atoms with Crippen LogP contribution in [0.2, 0.25) is 0 Å². The monoisotopic (exact) mass is 230 g/mol. The molecule has 0 aliphatic rings. The van der Waals surface area contributed by atoms with Crippen molar-refractivity contribution in [2.75, 3.05) is 6.61 Å². The molecule has 0 aromatic heterocycles.